The molecule has 0 amide bonds. The molecule has 0 atom stereocenters. The van der Waals surface area contributed by atoms with E-state index in [0.717, 1.165) is 28.8 Å². The van der Waals surface area contributed by atoms with Crippen LogP contribution in [0.4, 0.5) is 4.39 Å². The maximum absolute atomic E-state index is 13.6. The highest BCUT2D eigenvalue weighted by atomic mass is 19.1. The zero-order valence-corrected chi connectivity index (χ0v) is 18.9. The van der Waals surface area contributed by atoms with Crippen molar-refractivity contribution in [3.05, 3.63) is 81.9 Å². The minimum absolute atomic E-state index is 0.303. The number of hydrogen-bond acceptors (Lipinski definition) is 4. The van der Waals surface area contributed by atoms with E-state index < -0.39 is 5.97 Å². The van der Waals surface area contributed by atoms with Crippen LogP contribution in [0.15, 0.2) is 42.5 Å². The van der Waals surface area contributed by atoms with Crippen LogP contribution in [0.25, 0.3) is 0 Å². The molecule has 0 unspecified atom stereocenters. The summed E-state index contributed by atoms with van der Waals surface area (Å²) in [5, 5.41) is 13.2. The lowest BCUT2D eigenvalue weighted by atomic mass is 10.1. The molecule has 0 aliphatic rings. The molecule has 0 spiro atoms. The van der Waals surface area contributed by atoms with Gasteiger partial charge < -0.3 is 24.5 Å². The standard InChI is InChI=1S/C25H29FN2O4/c1-16-21(14-27-11-10-18-8-9-22(31-3)23(13-18)32-4)24(25(29)30)17(2)28(16)15-19-6-5-7-20(26)12-19/h5-9,12-13,27H,10-11,14-15H2,1-4H3,(H,29,30). The first-order valence-corrected chi connectivity index (χ1v) is 10.4. The molecule has 0 radical (unpaired) electrons. The summed E-state index contributed by atoms with van der Waals surface area (Å²) in [6.45, 7) is 5.22. The predicted octanol–water partition coefficient (Wildman–Crippen LogP) is 4.34. The summed E-state index contributed by atoms with van der Waals surface area (Å²) in [5.41, 5.74) is 4.45. The average Bonchev–Trinajstić information content (AvgIpc) is 3.00. The molecule has 0 saturated heterocycles. The topological polar surface area (TPSA) is 72.7 Å². The first kappa shape index (κ1) is 23.3. The number of rotatable bonds is 10. The number of benzene rings is 2. The Morgan fingerprint density at radius 2 is 1.78 bits per heavy atom. The van der Waals surface area contributed by atoms with Gasteiger partial charge in [-0.05, 0) is 62.2 Å². The smallest absolute Gasteiger partial charge is 0.337 e. The molecule has 170 valence electrons. The van der Waals surface area contributed by atoms with Crippen LogP contribution >= 0.6 is 0 Å². The summed E-state index contributed by atoms with van der Waals surface area (Å²) in [6, 6.07) is 12.2. The molecular formula is C25H29FN2O4. The van der Waals surface area contributed by atoms with E-state index in [9.17, 15) is 14.3 Å². The third kappa shape index (κ3) is 5.11. The molecule has 0 saturated carbocycles. The van der Waals surface area contributed by atoms with Crippen molar-refractivity contribution in [3.8, 4) is 11.5 Å². The van der Waals surface area contributed by atoms with Gasteiger partial charge in [0.2, 0.25) is 0 Å². The third-order valence-corrected chi connectivity index (χ3v) is 5.69. The van der Waals surface area contributed by atoms with Crippen LogP contribution in [0.3, 0.4) is 0 Å². The van der Waals surface area contributed by atoms with Crippen molar-refractivity contribution in [2.24, 2.45) is 0 Å². The molecule has 32 heavy (non-hydrogen) atoms. The molecule has 1 aromatic heterocycles. The summed E-state index contributed by atoms with van der Waals surface area (Å²) < 4.78 is 26.1. The SMILES string of the molecule is COc1ccc(CCNCc2c(C(=O)O)c(C)n(Cc3cccc(F)c3)c2C)cc1OC. The van der Waals surface area contributed by atoms with Crippen molar-refractivity contribution in [1.29, 1.82) is 0 Å². The fourth-order valence-corrected chi connectivity index (χ4v) is 3.99. The van der Waals surface area contributed by atoms with E-state index in [0.29, 0.717) is 42.4 Å². The molecule has 1 heterocycles. The largest absolute Gasteiger partial charge is 0.493 e. The van der Waals surface area contributed by atoms with Gasteiger partial charge in [-0.1, -0.05) is 18.2 Å². The third-order valence-electron chi connectivity index (χ3n) is 5.69. The number of carboxylic acids is 1. The second-order valence-corrected chi connectivity index (χ2v) is 7.66. The molecule has 6 nitrogen and oxygen atoms in total. The van der Waals surface area contributed by atoms with Gasteiger partial charge in [0, 0.05) is 30.0 Å². The normalized spacial score (nSPS) is 10.9. The zero-order chi connectivity index (χ0) is 23.3. The minimum Gasteiger partial charge on any atom is -0.493 e. The molecule has 2 aromatic carbocycles. The molecule has 3 rings (SSSR count). The summed E-state index contributed by atoms with van der Waals surface area (Å²) in [4.78, 5) is 12.0. The van der Waals surface area contributed by atoms with Crippen molar-refractivity contribution >= 4 is 5.97 Å². The van der Waals surface area contributed by atoms with Crippen molar-refractivity contribution in [2.45, 2.75) is 33.4 Å². The number of nitrogens with zero attached hydrogens (tertiary/aromatic N) is 1. The van der Waals surface area contributed by atoms with Gasteiger partial charge in [-0.2, -0.15) is 0 Å². The Labute approximate surface area is 187 Å². The van der Waals surface area contributed by atoms with E-state index in [-0.39, 0.29) is 5.82 Å². The van der Waals surface area contributed by atoms with Gasteiger partial charge in [0.25, 0.3) is 0 Å². The number of halogens is 1. The molecule has 0 fully saturated rings. The van der Waals surface area contributed by atoms with Crippen LogP contribution in [0.5, 0.6) is 11.5 Å². The van der Waals surface area contributed by atoms with E-state index in [1.807, 2.05) is 35.8 Å². The van der Waals surface area contributed by atoms with Crippen LogP contribution in [-0.4, -0.2) is 36.4 Å². The molecule has 7 heteroatoms. The van der Waals surface area contributed by atoms with E-state index in [2.05, 4.69) is 5.32 Å². The predicted molar refractivity (Wildman–Crippen MR) is 121 cm³/mol. The number of methoxy groups -OCH3 is 2. The number of ether oxygens (including phenoxy) is 2. The van der Waals surface area contributed by atoms with Gasteiger partial charge in [0.1, 0.15) is 5.82 Å². The molecule has 3 aromatic rings. The number of carboxylic acid groups (broad SMARTS) is 1. The molecule has 0 aliphatic heterocycles. The Kier molecular flexibility index (Phi) is 7.53. The number of hydrogen-bond donors (Lipinski definition) is 2. The Hall–Kier alpha value is -3.32. The van der Waals surface area contributed by atoms with E-state index in [4.69, 9.17) is 9.47 Å². The van der Waals surface area contributed by atoms with Crippen molar-refractivity contribution in [3.63, 3.8) is 0 Å². The van der Waals surface area contributed by atoms with Gasteiger partial charge in [0.05, 0.1) is 19.8 Å². The second-order valence-electron chi connectivity index (χ2n) is 7.66. The number of aromatic carboxylic acids is 1. The second kappa shape index (κ2) is 10.3. The molecular weight excluding hydrogens is 411 g/mol. The van der Waals surface area contributed by atoms with E-state index in [1.54, 1.807) is 27.2 Å². The molecule has 2 N–H and O–H groups in total. The highest BCUT2D eigenvalue weighted by Gasteiger charge is 2.22. The summed E-state index contributed by atoms with van der Waals surface area (Å²) >= 11 is 0. The van der Waals surface area contributed by atoms with Gasteiger partial charge in [-0.3, -0.25) is 0 Å². The van der Waals surface area contributed by atoms with Gasteiger partial charge in [-0.15, -0.1) is 0 Å². The zero-order valence-electron chi connectivity index (χ0n) is 18.9. The fraction of sp³-hybridized carbons (Fsp3) is 0.320. The van der Waals surface area contributed by atoms with E-state index in [1.165, 1.54) is 12.1 Å². The van der Waals surface area contributed by atoms with Crippen LogP contribution in [0.2, 0.25) is 0 Å². The van der Waals surface area contributed by atoms with Crippen LogP contribution < -0.4 is 14.8 Å². The quantitative estimate of drug-likeness (QED) is 0.459. The van der Waals surface area contributed by atoms with Gasteiger partial charge in [0.15, 0.2) is 11.5 Å². The van der Waals surface area contributed by atoms with Crippen molar-refractivity contribution in [2.75, 3.05) is 20.8 Å². The van der Waals surface area contributed by atoms with Crippen molar-refractivity contribution < 1.29 is 23.8 Å². The van der Waals surface area contributed by atoms with Crippen LogP contribution in [0.1, 0.15) is 38.4 Å². The lowest BCUT2D eigenvalue weighted by Crippen LogP contribution is -2.18. The lowest BCUT2D eigenvalue weighted by molar-refractivity contribution is 0.0694. The monoisotopic (exact) mass is 440 g/mol. The van der Waals surface area contributed by atoms with Gasteiger partial charge in [-0.25, -0.2) is 9.18 Å². The number of carbonyl (C=O) groups is 1. The Bertz CT molecular complexity index is 1110. The highest BCUT2D eigenvalue weighted by Crippen LogP contribution is 2.28. The average molecular weight is 441 g/mol. The highest BCUT2D eigenvalue weighted by molar-refractivity contribution is 5.91. The minimum atomic E-state index is -0.958. The van der Waals surface area contributed by atoms with Crippen LogP contribution in [-0.2, 0) is 19.5 Å². The maximum Gasteiger partial charge on any atom is 0.337 e. The van der Waals surface area contributed by atoms with Gasteiger partial charge >= 0.3 is 5.97 Å². The lowest BCUT2D eigenvalue weighted by Gasteiger charge is -2.11. The number of nitrogens with one attached hydrogen (secondary N) is 1. The van der Waals surface area contributed by atoms with Crippen molar-refractivity contribution in [1.82, 2.24) is 9.88 Å². The van der Waals surface area contributed by atoms with Crippen LogP contribution in [0, 0.1) is 19.7 Å². The Morgan fingerprint density at radius 1 is 1.03 bits per heavy atom. The molecule has 0 aliphatic carbocycles. The summed E-state index contributed by atoms with van der Waals surface area (Å²) in [5.74, 6) is 0.0980. The number of aromatic nitrogens is 1. The fourth-order valence-electron chi connectivity index (χ4n) is 3.99. The van der Waals surface area contributed by atoms with E-state index >= 15 is 0 Å². The summed E-state index contributed by atoms with van der Waals surface area (Å²) in [7, 11) is 3.21. The Balaban J connectivity index is 1.73. The molecule has 0 bridgehead atoms. The first-order valence-electron chi connectivity index (χ1n) is 10.4. The summed E-state index contributed by atoms with van der Waals surface area (Å²) in [6.07, 6.45) is 0.755. The Morgan fingerprint density at radius 3 is 2.44 bits per heavy atom. The first-order chi connectivity index (χ1) is 15.3. The maximum atomic E-state index is 13.6.